The molecule has 6 N–H and O–H groups in total. The largest absolute Gasteiger partial charge is 0.507 e. The summed E-state index contributed by atoms with van der Waals surface area (Å²) in [5.74, 6) is -0.200. The molecule has 26 heavy (non-hydrogen) atoms. The molecule has 0 aliphatic rings. The molecule has 134 valence electrons. The van der Waals surface area contributed by atoms with Crippen LogP contribution in [0.2, 0.25) is 0 Å². The molecule has 0 saturated carbocycles. The SMILES string of the molecule is NC(=N/N=C/c1cc(Br)ccc1O)C(N)=N/N=C/c1cc(Br)ccc1O. The van der Waals surface area contributed by atoms with E-state index < -0.39 is 0 Å². The molecular weight excluding hydrogens is 468 g/mol. The third-order valence-electron chi connectivity index (χ3n) is 2.97. The van der Waals surface area contributed by atoms with Gasteiger partial charge in [-0.25, -0.2) is 0 Å². The minimum absolute atomic E-state index is 0.0470. The number of nitrogens with two attached hydrogens (primary N) is 2. The molecule has 0 radical (unpaired) electrons. The maximum absolute atomic E-state index is 9.69. The van der Waals surface area contributed by atoms with Crippen molar-refractivity contribution in [3.05, 3.63) is 56.5 Å². The minimum atomic E-state index is -0.147. The molecule has 0 spiro atoms. The number of phenolic OH excluding ortho intramolecular Hbond substituents is 2. The topological polar surface area (TPSA) is 142 Å². The van der Waals surface area contributed by atoms with E-state index in [2.05, 4.69) is 52.3 Å². The van der Waals surface area contributed by atoms with Gasteiger partial charge in [0.2, 0.25) is 0 Å². The predicted octanol–water partition coefficient (Wildman–Crippen LogP) is 2.71. The number of aromatic hydroxyl groups is 2. The van der Waals surface area contributed by atoms with E-state index in [-0.39, 0.29) is 23.2 Å². The van der Waals surface area contributed by atoms with Crippen molar-refractivity contribution in [2.24, 2.45) is 31.9 Å². The number of phenols is 2. The fraction of sp³-hybridized carbons (Fsp3) is 0. The summed E-state index contributed by atoms with van der Waals surface area (Å²) in [6, 6.07) is 9.74. The average Bonchev–Trinajstić information content (AvgIpc) is 2.60. The summed E-state index contributed by atoms with van der Waals surface area (Å²) in [6.45, 7) is 0. The van der Waals surface area contributed by atoms with Gasteiger partial charge in [0.25, 0.3) is 0 Å². The number of rotatable bonds is 4. The number of nitrogens with zero attached hydrogens (tertiary/aromatic N) is 4. The maximum atomic E-state index is 9.69. The number of hydrogen-bond acceptors (Lipinski definition) is 6. The molecule has 0 atom stereocenters. The summed E-state index contributed by atoms with van der Waals surface area (Å²) < 4.78 is 1.56. The Morgan fingerprint density at radius 1 is 0.769 bits per heavy atom. The average molecular weight is 482 g/mol. The molecule has 2 aromatic carbocycles. The predicted molar refractivity (Wildman–Crippen MR) is 110 cm³/mol. The Bertz CT molecular complexity index is 849. The molecule has 2 rings (SSSR count). The first-order valence-corrected chi connectivity index (χ1v) is 8.66. The van der Waals surface area contributed by atoms with E-state index in [9.17, 15) is 10.2 Å². The van der Waals surface area contributed by atoms with Gasteiger partial charge in [-0.1, -0.05) is 31.9 Å². The molecular formula is C16H14Br2N6O2. The van der Waals surface area contributed by atoms with Crippen molar-refractivity contribution in [3.8, 4) is 11.5 Å². The van der Waals surface area contributed by atoms with Gasteiger partial charge in [0.15, 0.2) is 11.7 Å². The van der Waals surface area contributed by atoms with Crippen LogP contribution in [0, 0.1) is 0 Å². The van der Waals surface area contributed by atoms with Crippen LogP contribution >= 0.6 is 31.9 Å². The van der Waals surface area contributed by atoms with Crippen molar-refractivity contribution >= 4 is 56.0 Å². The standard InChI is InChI=1S/C16H14Br2N6O2/c17-11-1-3-13(25)9(5-11)7-21-23-15(19)16(20)24-22-8-10-6-12(18)2-4-14(10)26/h1-8,25-26H,(H2,19,23)(H2,20,24)/b21-7+,22-8+. The summed E-state index contributed by atoms with van der Waals surface area (Å²) >= 11 is 6.58. The van der Waals surface area contributed by atoms with E-state index in [1.165, 1.54) is 24.6 Å². The van der Waals surface area contributed by atoms with E-state index in [1.54, 1.807) is 24.3 Å². The fourth-order valence-electron chi connectivity index (χ4n) is 1.67. The number of hydrogen-bond donors (Lipinski definition) is 4. The highest BCUT2D eigenvalue weighted by Gasteiger charge is 2.01. The Labute approximate surface area is 165 Å². The zero-order valence-electron chi connectivity index (χ0n) is 13.2. The third kappa shape index (κ3) is 5.67. The lowest BCUT2D eigenvalue weighted by molar-refractivity contribution is 0.474. The first-order valence-electron chi connectivity index (χ1n) is 7.07. The van der Waals surface area contributed by atoms with Crippen LogP contribution in [-0.4, -0.2) is 34.3 Å². The summed E-state index contributed by atoms with van der Waals surface area (Å²) in [7, 11) is 0. The molecule has 8 nitrogen and oxygen atoms in total. The molecule has 0 amide bonds. The van der Waals surface area contributed by atoms with Crippen LogP contribution in [0.25, 0.3) is 0 Å². The highest BCUT2D eigenvalue weighted by molar-refractivity contribution is 9.10. The fourth-order valence-corrected chi connectivity index (χ4v) is 2.42. The summed E-state index contributed by atoms with van der Waals surface area (Å²) in [4.78, 5) is 0. The summed E-state index contributed by atoms with van der Waals surface area (Å²) in [5, 5.41) is 34.3. The molecule has 0 bridgehead atoms. The van der Waals surface area contributed by atoms with Gasteiger partial charge in [0, 0.05) is 20.1 Å². The van der Waals surface area contributed by atoms with Gasteiger partial charge in [0.1, 0.15) is 11.5 Å². The third-order valence-corrected chi connectivity index (χ3v) is 3.95. The van der Waals surface area contributed by atoms with Crippen LogP contribution in [0.3, 0.4) is 0 Å². The van der Waals surface area contributed by atoms with Crippen molar-refractivity contribution in [2.75, 3.05) is 0 Å². The smallest absolute Gasteiger partial charge is 0.190 e. The molecule has 0 heterocycles. The van der Waals surface area contributed by atoms with Gasteiger partial charge in [-0.05, 0) is 36.4 Å². The van der Waals surface area contributed by atoms with Gasteiger partial charge in [-0.2, -0.15) is 10.2 Å². The molecule has 10 heteroatoms. The van der Waals surface area contributed by atoms with Crippen LogP contribution in [0.5, 0.6) is 11.5 Å². The number of halogens is 2. The van der Waals surface area contributed by atoms with Crippen molar-refractivity contribution in [1.82, 2.24) is 0 Å². The van der Waals surface area contributed by atoms with Crippen LogP contribution in [0.4, 0.5) is 0 Å². The zero-order valence-corrected chi connectivity index (χ0v) is 16.4. The van der Waals surface area contributed by atoms with Crippen molar-refractivity contribution in [2.45, 2.75) is 0 Å². The lowest BCUT2D eigenvalue weighted by atomic mass is 10.2. The lowest BCUT2D eigenvalue weighted by Gasteiger charge is -1.99. The quantitative estimate of drug-likeness (QED) is 0.302. The Hall–Kier alpha value is -2.72. The Balaban J connectivity index is 2.09. The van der Waals surface area contributed by atoms with E-state index in [4.69, 9.17) is 11.5 Å². The maximum Gasteiger partial charge on any atom is 0.190 e. The first kappa shape index (κ1) is 19.6. The van der Waals surface area contributed by atoms with E-state index in [1.807, 2.05) is 0 Å². The molecule has 0 aromatic heterocycles. The molecule has 0 fully saturated rings. The highest BCUT2D eigenvalue weighted by atomic mass is 79.9. The number of amidine groups is 2. The summed E-state index contributed by atoms with van der Waals surface area (Å²) in [6.07, 6.45) is 2.64. The molecule has 0 aliphatic heterocycles. The number of benzene rings is 2. The van der Waals surface area contributed by atoms with Crippen LogP contribution in [0.1, 0.15) is 11.1 Å². The normalized spacial score (nSPS) is 13.0. The highest BCUT2D eigenvalue weighted by Crippen LogP contribution is 2.20. The van der Waals surface area contributed by atoms with Crippen LogP contribution in [-0.2, 0) is 0 Å². The Morgan fingerprint density at radius 2 is 1.15 bits per heavy atom. The second-order valence-corrected chi connectivity index (χ2v) is 6.70. The summed E-state index contributed by atoms with van der Waals surface area (Å²) in [5.41, 5.74) is 12.2. The van der Waals surface area contributed by atoms with Gasteiger partial charge in [-0.15, -0.1) is 10.2 Å². The molecule has 0 aliphatic carbocycles. The van der Waals surface area contributed by atoms with Gasteiger partial charge in [-0.3, -0.25) is 0 Å². The van der Waals surface area contributed by atoms with Gasteiger partial charge in [0.05, 0.1) is 12.4 Å². The van der Waals surface area contributed by atoms with Crippen LogP contribution in [0.15, 0.2) is 65.7 Å². The van der Waals surface area contributed by atoms with Crippen molar-refractivity contribution in [3.63, 3.8) is 0 Å². The van der Waals surface area contributed by atoms with Crippen molar-refractivity contribution in [1.29, 1.82) is 0 Å². The van der Waals surface area contributed by atoms with Gasteiger partial charge >= 0.3 is 0 Å². The monoisotopic (exact) mass is 480 g/mol. The molecule has 2 aromatic rings. The second kappa shape index (κ2) is 9.11. The second-order valence-electron chi connectivity index (χ2n) is 4.87. The first-order chi connectivity index (χ1) is 12.4. The zero-order chi connectivity index (χ0) is 19.1. The molecule has 0 unspecified atom stereocenters. The van der Waals surface area contributed by atoms with E-state index in [0.717, 1.165) is 8.95 Å². The van der Waals surface area contributed by atoms with E-state index in [0.29, 0.717) is 11.1 Å². The van der Waals surface area contributed by atoms with Crippen molar-refractivity contribution < 1.29 is 10.2 Å². The van der Waals surface area contributed by atoms with Crippen LogP contribution < -0.4 is 11.5 Å². The Morgan fingerprint density at radius 3 is 1.54 bits per heavy atom. The van der Waals surface area contributed by atoms with E-state index >= 15 is 0 Å². The van der Waals surface area contributed by atoms with Gasteiger partial charge < -0.3 is 21.7 Å². The molecule has 0 saturated heterocycles. The lowest BCUT2D eigenvalue weighted by Crippen LogP contribution is -2.30. The Kier molecular flexibility index (Phi) is 6.87. The minimum Gasteiger partial charge on any atom is -0.507 e.